The number of primary amides is 1. The van der Waals surface area contributed by atoms with Gasteiger partial charge in [0.2, 0.25) is 5.91 Å². The highest BCUT2D eigenvalue weighted by Gasteiger charge is 2.71. The average Bonchev–Trinajstić information content (AvgIpc) is 3.05. The van der Waals surface area contributed by atoms with Crippen molar-refractivity contribution in [1.82, 2.24) is 4.98 Å². The molecule has 0 fully saturated rings. The summed E-state index contributed by atoms with van der Waals surface area (Å²) in [6.07, 6.45) is 0.113. The van der Waals surface area contributed by atoms with E-state index in [-0.39, 0.29) is 35.0 Å². The third kappa shape index (κ3) is 10.5. The summed E-state index contributed by atoms with van der Waals surface area (Å²) in [5, 5.41) is 19.3. The van der Waals surface area contributed by atoms with Crippen molar-refractivity contribution in [3.8, 4) is 18.6 Å². The Labute approximate surface area is 288 Å². The standard InChI is InChI=1S/C18H14F7NO2S.C10H13NO2.C2H5NO.C2H4.C2H2/c19-13-4-6-14(7-5-13)29(28)26-9-1-2-11-10-12(3-8-15(11)26)16(27,17(20,21)22)18(23,24)25;1-10(2)9(12)5-7-6-11-4-3-8(7)13-10;1-2(3)4;2*1-2/h3-8,10,27H,1-2,9H2;3-4,6,9,12H,5H2,1-2H3;1H3,(H2,3,4);1-2H2;1-2H/t;9-;;;/m.1.../s1. The number of aliphatic hydroxyl groups is 2. The van der Waals surface area contributed by atoms with Crippen LogP contribution in [0.1, 0.15) is 43.9 Å². The van der Waals surface area contributed by atoms with Gasteiger partial charge in [0.15, 0.2) is 11.0 Å². The van der Waals surface area contributed by atoms with Gasteiger partial charge in [-0.15, -0.1) is 26.0 Å². The number of terminal acetylenes is 1. The number of aliphatic hydroxyl groups excluding tert-OH is 1. The maximum atomic E-state index is 13.1. The molecular formula is C34H38F7N3O5S. The van der Waals surface area contributed by atoms with Crippen LogP contribution >= 0.6 is 0 Å². The highest BCUT2D eigenvalue weighted by molar-refractivity contribution is 7.86. The first-order chi connectivity index (χ1) is 23.2. The number of carbonyl (C=O) groups is 1. The van der Waals surface area contributed by atoms with Crippen LogP contribution in [-0.4, -0.2) is 55.9 Å². The lowest BCUT2D eigenvalue weighted by molar-refractivity contribution is -0.376. The van der Waals surface area contributed by atoms with E-state index in [0.29, 0.717) is 25.0 Å². The zero-order chi connectivity index (χ0) is 38.7. The number of fused-ring (bicyclic) bond motifs is 2. The third-order valence-corrected chi connectivity index (χ3v) is 8.51. The number of carbonyl (C=O) groups excluding carboxylic acids is 1. The Balaban J connectivity index is 0.000000490. The Morgan fingerprint density at radius 2 is 1.58 bits per heavy atom. The van der Waals surface area contributed by atoms with Gasteiger partial charge in [-0.2, -0.15) is 26.3 Å². The molecule has 1 unspecified atom stereocenters. The summed E-state index contributed by atoms with van der Waals surface area (Å²) >= 11 is 0. The number of hydrogen-bond acceptors (Lipinski definition) is 6. The minimum absolute atomic E-state index is 0.0936. The molecule has 8 nitrogen and oxygen atoms in total. The number of nitrogens with two attached hydrogens (primary N) is 1. The molecule has 3 aromatic rings. The molecule has 0 spiro atoms. The molecule has 0 radical (unpaired) electrons. The zero-order valence-corrected chi connectivity index (χ0v) is 28.2. The molecule has 50 heavy (non-hydrogen) atoms. The van der Waals surface area contributed by atoms with Crippen LogP contribution in [0.15, 0.2) is 79.0 Å². The molecule has 0 bridgehead atoms. The van der Waals surface area contributed by atoms with Crippen molar-refractivity contribution in [3.63, 3.8) is 0 Å². The van der Waals surface area contributed by atoms with E-state index in [4.69, 9.17) is 4.74 Å². The second kappa shape index (κ2) is 18.0. The summed E-state index contributed by atoms with van der Waals surface area (Å²) in [6.45, 7) is 11.3. The molecule has 2 aromatic carbocycles. The number of hydrogen-bond donors (Lipinski definition) is 3. The Morgan fingerprint density at radius 1 is 1.04 bits per heavy atom. The number of alkyl halides is 6. The number of aryl methyl sites for hydroxylation is 1. The Morgan fingerprint density at radius 3 is 2.10 bits per heavy atom. The van der Waals surface area contributed by atoms with E-state index >= 15 is 0 Å². The summed E-state index contributed by atoms with van der Waals surface area (Å²) in [6, 6.07) is 8.73. The topological polar surface area (TPSA) is 126 Å². The van der Waals surface area contributed by atoms with Crippen LogP contribution in [0.5, 0.6) is 5.75 Å². The summed E-state index contributed by atoms with van der Waals surface area (Å²) in [7, 11) is -1.84. The molecule has 0 saturated carbocycles. The number of halogens is 7. The van der Waals surface area contributed by atoms with Crippen LogP contribution in [0.2, 0.25) is 0 Å². The van der Waals surface area contributed by atoms with Crippen molar-refractivity contribution in [3.05, 3.63) is 96.6 Å². The molecule has 274 valence electrons. The first-order valence-corrected chi connectivity index (χ1v) is 15.6. The fourth-order valence-electron chi connectivity index (χ4n) is 4.60. The molecular weight excluding hydrogens is 695 g/mol. The lowest BCUT2D eigenvalue weighted by Gasteiger charge is -2.36. The quantitative estimate of drug-likeness (QED) is 0.165. The summed E-state index contributed by atoms with van der Waals surface area (Å²) in [5.74, 6) is -0.0432. The zero-order valence-electron chi connectivity index (χ0n) is 27.4. The summed E-state index contributed by atoms with van der Waals surface area (Å²) < 4.78 is 112. The molecule has 2 aliphatic rings. The van der Waals surface area contributed by atoms with E-state index in [2.05, 4.69) is 36.7 Å². The number of nitrogens with zero attached hydrogens (tertiary/aromatic N) is 2. The molecule has 2 aliphatic heterocycles. The highest BCUT2D eigenvalue weighted by Crippen LogP contribution is 2.51. The number of rotatable bonds is 3. The van der Waals surface area contributed by atoms with Crippen LogP contribution in [0.4, 0.5) is 36.4 Å². The van der Waals surface area contributed by atoms with Crippen molar-refractivity contribution in [2.24, 2.45) is 5.73 Å². The van der Waals surface area contributed by atoms with Crippen molar-refractivity contribution in [2.45, 2.75) is 74.6 Å². The van der Waals surface area contributed by atoms with Crippen molar-refractivity contribution < 1.29 is 54.7 Å². The number of pyridine rings is 1. The lowest BCUT2D eigenvalue weighted by atomic mass is 9.89. The van der Waals surface area contributed by atoms with Crippen molar-refractivity contribution in [2.75, 3.05) is 10.8 Å². The summed E-state index contributed by atoms with van der Waals surface area (Å²) in [5.41, 5.74) is -1.13. The van der Waals surface area contributed by atoms with Crippen LogP contribution in [0.25, 0.3) is 0 Å². The lowest BCUT2D eigenvalue weighted by Crippen LogP contribution is -2.54. The van der Waals surface area contributed by atoms with Crippen molar-refractivity contribution in [1.29, 1.82) is 0 Å². The maximum absolute atomic E-state index is 13.1. The number of benzene rings is 2. The number of aromatic nitrogens is 1. The van der Waals surface area contributed by atoms with Gasteiger partial charge < -0.3 is 20.7 Å². The van der Waals surface area contributed by atoms with E-state index in [0.717, 1.165) is 29.5 Å². The third-order valence-electron chi connectivity index (χ3n) is 7.06. The van der Waals surface area contributed by atoms with Gasteiger partial charge >= 0.3 is 12.4 Å². The van der Waals surface area contributed by atoms with Gasteiger partial charge in [-0.1, -0.05) is 12.1 Å². The van der Waals surface area contributed by atoms with Gasteiger partial charge in [-0.05, 0) is 68.7 Å². The molecule has 16 heteroatoms. The minimum Gasteiger partial charge on any atom is -0.485 e. The van der Waals surface area contributed by atoms with E-state index in [9.17, 15) is 49.9 Å². The smallest absolute Gasteiger partial charge is 0.430 e. The van der Waals surface area contributed by atoms with Crippen LogP contribution in [0, 0.1) is 18.7 Å². The maximum Gasteiger partial charge on any atom is 0.430 e. The molecule has 5 rings (SSSR count). The van der Waals surface area contributed by atoms with E-state index < -0.39 is 52.0 Å². The largest absolute Gasteiger partial charge is 0.485 e. The number of amides is 1. The number of anilines is 1. The molecule has 4 N–H and O–H groups in total. The average molecular weight is 734 g/mol. The van der Waals surface area contributed by atoms with Gasteiger partial charge in [0.25, 0.3) is 5.60 Å². The van der Waals surface area contributed by atoms with Gasteiger partial charge in [-0.3, -0.25) is 14.1 Å². The fourth-order valence-corrected chi connectivity index (χ4v) is 5.87. The number of ether oxygens (including phenoxy) is 1. The monoisotopic (exact) mass is 733 g/mol. The first kappa shape index (κ1) is 43.6. The van der Waals surface area contributed by atoms with Gasteiger partial charge in [-0.25, -0.2) is 8.60 Å². The van der Waals surface area contributed by atoms with Gasteiger partial charge in [0, 0.05) is 43.4 Å². The van der Waals surface area contributed by atoms with Gasteiger partial charge in [0.1, 0.15) is 17.2 Å². The Hall–Kier alpha value is -4.46. The summed E-state index contributed by atoms with van der Waals surface area (Å²) in [4.78, 5) is 13.4. The van der Waals surface area contributed by atoms with Crippen LogP contribution < -0.4 is 14.8 Å². The minimum atomic E-state index is -5.98. The predicted octanol–water partition coefficient (Wildman–Crippen LogP) is 6.31. The Bertz CT molecular complexity index is 1600. The fraction of sp³-hybridized carbons (Fsp3) is 0.353. The van der Waals surface area contributed by atoms with E-state index in [1.54, 1.807) is 12.4 Å². The van der Waals surface area contributed by atoms with Crippen LogP contribution in [-0.2, 0) is 34.2 Å². The molecule has 1 aromatic heterocycles. The van der Waals surface area contributed by atoms with Gasteiger partial charge in [0.05, 0.1) is 16.7 Å². The predicted molar refractivity (Wildman–Crippen MR) is 176 cm³/mol. The second-order valence-corrected chi connectivity index (χ2v) is 12.4. The van der Waals surface area contributed by atoms with Crippen molar-refractivity contribution >= 4 is 22.6 Å². The second-order valence-electron chi connectivity index (χ2n) is 11.0. The normalized spacial score (nSPS) is 16.6. The van der Waals surface area contributed by atoms with E-state index in [1.165, 1.54) is 23.4 Å². The Kier molecular flexibility index (Phi) is 15.7. The molecule has 3 heterocycles. The highest BCUT2D eigenvalue weighted by atomic mass is 32.2. The SMILES string of the molecule is C#C.C=C.CC(N)=O.CC1(C)Oc2ccncc2C[C@H]1O.O=S(c1ccc(F)cc1)N1CCCc2cc(C(O)(C(F)(F)F)C(F)(F)F)ccc21. The molecule has 0 aliphatic carbocycles. The molecule has 0 saturated heterocycles. The van der Waals surface area contributed by atoms with Crippen LogP contribution in [0.3, 0.4) is 0 Å². The molecule has 1 amide bonds. The molecule has 2 atom stereocenters. The first-order valence-electron chi connectivity index (χ1n) is 14.5. The van der Waals surface area contributed by atoms with E-state index in [1.807, 2.05) is 19.9 Å².